The molecule has 0 atom stereocenters. The van der Waals surface area contributed by atoms with E-state index in [2.05, 4.69) is 15.0 Å². The Labute approximate surface area is 142 Å². The molecule has 0 N–H and O–H groups in total. The molecule has 25 heavy (non-hydrogen) atoms. The van der Waals surface area contributed by atoms with Crippen LogP contribution in [-0.4, -0.2) is 53.9 Å². The summed E-state index contributed by atoms with van der Waals surface area (Å²) in [7, 11) is -3.68. The molecule has 0 aliphatic carbocycles. The normalized spacial score (nSPS) is 16.8. The second-order valence-electron chi connectivity index (χ2n) is 5.32. The van der Waals surface area contributed by atoms with Crippen molar-refractivity contribution in [1.29, 1.82) is 0 Å². The number of rotatable bonds is 3. The molecule has 2 aromatic heterocycles. The molecule has 0 amide bonds. The molecular formula is C14H14F3N5O2S. The molecule has 1 fully saturated rings. The van der Waals surface area contributed by atoms with E-state index in [0.717, 1.165) is 12.3 Å². The first kappa shape index (κ1) is 17.5. The summed E-state index contributed by atoms with van der Waals surface area (Å²) in [6.45, 7) is 0.634. The zero-order valence-electron chi connectivity index (χ0n) is 12.9. The van der Waals surface area contributed by atoms with Crippen LogP contribution in [0.2, 0.25) is 0 Å². The number of anilines is 1. The highest BCUT2D eigenvalue weighted by molar-refractivity contribution is 7.89. The first-order chi connectivity index (χ1) is 11.8. The van der Waals surface area contributed by atoms with E-state index in [1.54, 1.807) is 0 Å². The maximum Gasteiger partial charge on any atom is 0.433 e. The van der Waals surface area contributed by atoms with Crippen molar-refractivity contribution in [3.63, 3.8) is 0 Å². The van der Waals surface area contributed by atoms with Gasteiger partial charge in [-0.25, -0.2) is 18.4 Å². The van der Waals surface area contributed by atoms with Crippen molar-refractivity contribution in [3.05, 3.63) is 42.5 Å². The molecule has 0 aromatic carbocycles. The van der Waals surface area contributed by atoms with Gasteiger partial charge in [0.25, 0.3) is 0 Å². The van der Waals surface area contributed by atoms with Gasteiger partial charge in [-0.1, -0.05) is 0 Å². The molecule has 0 saturated carbocycles. The summed E-state index contributed by atoms with van der Waals surface area (Å²) < 4.78 is 64.5. The fourth-order valence-electron chi connectivity index (χ4n) is 2.44. The monoisotopic (exact) mass is 373 g/mol. The molecule has 134 valence electrons. The van der Waals surface area contributed by atoms with Gasteiger partial charge in [0.2, 0.25) is 16.0 Å². The molecule has 3 heterocycles. The Morgan fingerprint density at radius 1 is 1.04 bits per heavy atom. The lowest BCUT2D eigenvalue weighted by molar-refractivity contribution is -0.141. The van der Waals surface area contributed by atoms with Crippen LogP contribution in [0.1, 0.15) is 5.69 Å². The molecule has 1 saturated heterocycles. The second kappa shape index (κ2) is 6.56. The Bertz CT molecular complexity index is 837. The van der Waals surface area contributed by atoms with Crippen LogP contribution >= 0.6 is 0 Å². The fourth-order valence-corrected chi connectivity index (χ4v) is 3.82. The zero-order chi connectivity index (χ0) is 18.1. The van der Waals surface area contributed by atoms with Crippen molar-refractivity contribution >= 4 is 16.0 Å². The number of nitrogens with zero attached hydrogens (tertiary/aromatic N) is 5. The van der Waals surface area contributed by atoms with Crippen LogP contribution in [0, 0.1) is 0 Å². The van der Waals surface area contributed by atoms with Gasteiger partial charge in [0.15, 0.2) is 0 Å². The molecule has 1 aliphatic heterocycles. The minimum Gasteiger partial charge on any atom is -0.338 e. The molecule has 3 rings (SSSR count). The zero-order valence-corrected chi connectivity index (χ0v) is 13.7. The standard InChI is InChI=1S/C14H14F3N5O2S/c15-14(16,17)12-3-5-19-13(20-12)21-6-8-22(9-7-21)25(23,24)11-2-1-4-18-10-11/h1-5,10H,6-9H2. The first-order valence-electron chi connectivity index (χ1n) is 7.34. The van der Waals surface area contributed by atoms with Crippen LogP contribution in [-0.2, 0) is 16.2 Å². The molecule has 7 nitrogen and oxygen atoms in total. The molecule has 0 radical (unpaired) electrons. The van der Waals surface area contributed by atoms with E-state index in [4.69, 9.17) is 0 Å². The maximum absolute atomic E-state index is 12.7. The summed E-state index contributed by atoms with van der Waals surface area (Å²) in [4.78, 5) is 12.8. The third kappa shape index (κ3) is 3.71. The number of pyridine rings is 1. The number of sulfonamides is 1. The lowest BCUT2D eigenvalue weighted by atomic mass is 10.3. The van der Waals surface area contributed by atoms with Crippen molar-refractivity contribution in [2.24, 2.45) is 0 Å². The predicted octanol–water partition coefficient (Wildman–Crippen LogP) is 1.40. The Hall–Kier alpha value is -2.27. The van der Waals surface area contributed by atoms with Crippen LogP contribution in [0.5, 0.6) is 0 Å². The van der Waals surface area contributed by atoms with Crippen LogP contribution in [0.3, 0.4) is 0 Å². The third-order valence-electron chi connectivity index (χ3n) is 3.73. The Kier molecular flexibility index (Phi) is 4.60. The van der Waals surface area contributed by atoms with Gasteiger partial charge >= 0.3 is 6.18 Å². The minimum absolute atomic E-state index is 0.0618. The van der Waals surface area contributed by atoms with Crippen molar-refractivity contribution < 1.29 is 21.6 Å². The number of hydrogen-bond donors (Lipinski definition) is 0. The maximum atomic E-state index is 12.7. The van der Waals surface area contributed by atoms with E-state index in [0.29, 0.717) is 0 Å². The van der Waals surface area contributed by atoms with Crippen LogP contribution in [0.4, 0.5) is 19.1 Å². The van der Waals surface area contributed by atoms with E-state index in [-0.39, 0.29) is 37.0 Å². The fraction of sp³-hybridized carbons (Fsp3) is 0.357. The molecular weight excluding hydrogens is 359 g/mol. The Balaban J connectivity index is 1.72. The van der Waals surface area contributed by atoms with E-state index >= 15 is 0 Å². The molecule has 11 heteroatoms. The smallest absolute Gasteiger partial charge is 0.338 e. The third-order valence-corrected chi connectivity index (χ3v) is 5.61. The second-order valence-corrected chi connectivity index (χ2v) is 7.26. The molecule has 1 aliphatic rings. The highest BCUT2D eigenvalue weighted by atomic mass is 32.2. The van der Waals surface area contributed by atoms with Crippen molar-refractivity contribution in [2.75, 3.05) is 31.1 Å². The van der Waals surface area contributed by atoms with Gasteiger partial charge in [-0.3, -0.25) is 4.98 Å². The van der Waals surface area contributed by atoms with Gasteiger partial charge in [0.05, 0.1) is 0 Å². The topological polar surface area (TPSA) is 79.3 Å². The van der Waals surface area contributed by atoms with Crippen LogP contribution in [0.25, 0.3) is 0 Å². The summed E-state index contributed by atoms with van der Waals surface area (Å²) >= 11 is 0. The summed E-state index contributed by atoms with van der Waals surface area (Å²) in [6.07, 6.45) is -0.771. The Morgan fingerprint density at radius 3 is 2.36 bits per heavy atom. The average molecular weight is 373 g/mol. The van der Waals surface area contributed by atoms with E-state index < -0.39 is 21.9 Å². The van der Waals surface area contributed by atoms with Gasteiger partial charge in [-0.15, -0.1) is 0 Å². The number of halogens is 3. The average Bonchev–Trinajstić information content (AvgIpc) is 2.62. The van der Waals surface area contributed by atoms with E-state index in [1.807, 2.05) is 0 Å². The summed E-state index contributed by atoms with van der Waals surface area (Å²) in [6, 6.07) is 3.77. The quantitative estimate of drug-likeness (QED) is 0.809. The number of aromatic nitrogens is 3. The van der Waals surface area contributed by atoms with Crippen molar-refractivity contribution in [2.45, 2.75) is 11.1 Å². The lowest BCUT2D eigenvalue weighted by Crippen LogP contribution is -2.49. The highest BCUT2D eigenvalue weighted by Gasteiger charge is 2.34. The summed E-state index contributed by atoms with van der Waals surface area (Å²) in [5, 5.41) is 0. The van der Waals surface area contributed by atoms with Crippen LogP contribution in [0.15, 0.2) is 41.7 Å². The first-order valence-corrected chi connectivity index (χ1v) is 8.78. The van der Waals surface area contributed by atoms with Gasteiger partial charge in [0.1, 0.15) is 10.6 Å². The van der Waals surface area contributed by atoms with Crippen molar-refractivity contribution in [3.8, 4) is 0 Å². The van der Waals surface area contributed by atoms with Crippen LogP contribution < -0.4 is 4.90 Å². The number of piperazine rings is 1. The number of alkyl halides is 3. The summed E-state index contributed by atoms with van der Waals surface area (Å²) in [5.41, 5.74) is -1.03. The lowest BCUT2D eigenvalue weighted by Gasteiger charge is -2.34. The minimum atomic E-state index is -4.55. The predicted molar refractivity (Wildman–Crippen MR) is 82.2 cm³/mol. The van der Waals surface area contributed by atoms with Gasteiger partial charge in [0, 0.05) is 44.8 Å². The van der Waals surface area contributed by atoms with Crippen molar-refractivity contribution in [1.82, 2.24) is 19.3 Å². The van der Waals surface area contributed by atoms with Gasteiger partial charge < -0.3 is 4.90 Å². The SMILES string of the molecule is O=S(=O)(c1cccnc1)N1CCN(c2nccc(C(F)(F)F)n2)CC1. The molecule has 2 aromatic rings. The highest BCUT2D eigenvalue weighted by Crippen LogP contribution is 2.28. The van der Waals surface area contributed by atoms with E-state index in [1.165, 1.54) is 33.7 Å². The molecule has 0 unspecified atom stereocenters. The Morgan fingerprint density at radius 2 is 1.76 bits per heavy atom. The molecule has 0 bridgehead atoms. The van der Waals surface area contributed by atoms with E-state index in [9.17, 15) is 21.6 Å². The van der Waals surface area contributed by atoms with Gasteiger partial charge in [-0.05, 0) is 18.2 Å². The summed E-state index contributed by atoms with van der Waals surface area (Å²) in [5.74, 6) is -0.0618. The number of hydrogen-bond acceptors (Lipinski definition) is 6. The molecule has 0 spiro atoms. The van der Waals surface area contributed by atoms with Gasteiger partial charge in [-0.2, -0.15) is 17.5 Å². The largest absolute Gasteiger partial charge is 0.433 e.